The van der Waals surface area contributed by atoms with Crippen LogP contribution in [0.15, 0.2) is 48.5 Å². The lowest BCUT2D eigenvalue weighted by Gasteiger charge is -2.39. The van der Waals surface area contributed by atoms with Crippen LogP contribution >= 0.6 is 0 Å². The summed E-state index contributed by atoms with van der Waals surface area (Å²) in [5, 5.41) is 11.4. The van der Waals surface area contributed by atoms with Crippen molar-refractivity contribution in [2.24, 2.45) is 5.92 Å². The molecule has 0 atom stereocenters. The topological polar surface area (TPSA) is 95.9 Å². The number of aliphatic carboxylic acids is 1. The molecule has 0 radical (unpaired) electrons. The van der Waals surface area contributed by atoms with Gasteiger partial charge in [0, 0.05) is 38.4 Å². The summed E-state index contributed by atoms with van der Waals surface area (Å²) in [5.41, 5.74) is 4.73. The van der Waals surface area contributed by atoms with Gasteiger partial charge in [0.15, 0.2) is 0 Å². The number of carboxylic acid groups (broad SMARTS) is 1. The smallest absolute Gasteiger partial charge is 0.407 e. The van der Waals surface area contributed by atoms with Crippen LogP contribution in [0.4, 0.5) is 4.79 Å². The van der Waals surface area contributed by atoms with Crippen molar-refractivity contribution in [2.75, 3.05) is 26.2 Å². The number of likely N-dealkylation sites (tertiary alicyclic amines) is 1. The predicted octanol–water partition coefficient (Wildman–Crippen LogP) is 4.02. The van der Waals surface area contributed by atoms with Gasteiger partial charge in [-0.25, -0.2) is 4.79 Å². The van der Waals surface area contributed by atoms with Gasteiger partial charge in [0.2, 0.25) is 5.91 Å². The fourth-order valence-electron chi connectivity index (χ4n) is 4.74. The van der Waals surface area contributed by atoms with Crippen LogP contribution in [0.25, 0.3) is 11.1 Å². The normalized spacial score (nSPS) is 14.8. The van der Waals surface area contributed by atoms with Crippen molar-refractivity contribution in [3.8, 4) is 11.1 Å². The first kappa shape index (κ1) is 22.8. The maximum atomic E-state index is 12.2. The van der Waals surface area contributed by atoms with Crippen LogP contribution in [0.5, 0.6) is 0 Å². The number of ether oxygens (including phenoxy) is 1. The zero-order valence-electron chi connectivity index (χ0n) is 18.7. The highest BCUT2D eigenvalue weighted by molar-refractivity contribution is 5.79. The number of hydrogen-bond acceptors (Lipinski definition) is 4. The molecule has 1 heterocycles. The molecule has 0 unspecified atom stereocenters. The average Bonchev–Trinajstić information content (AvgIpc) is 3.10. The van der Waals surface area contributed by atoms with E-state index in [0.717, 1.165) is 6.42 Å². The van der Waals surface area contributed by atoms with E-state index in [0.29, 0.717) is 44.8 Å². The van der Waals surface area contributed by atoms with Crippen molar-refractivity contribution in [2.45, 2.75) is 38.0 Å². The number of nitrogens with zero attached hydrogens (tertiary/aromatic N) is 1. The number of hydrogen-bond donors (Lipinski definition) is 2. The second kappa shape index (κ2) is 10.5. The van der Waals surface area contributed by atoms with Gasteiger partial charge in [-0.3, -0.25) is 9.59 Å². The highest BCUT2D eigenvalue weighted by atomic mass is 16.5. The van der Waals surface area contributed by atoms with Gasteiger partial charge in [-0.05, 0) is 47.4 Å². The third kappa shape index (κ3) is 5.53. The summed E-state index contributed by atoms with van der Waals surface area (Å²) in [7, 11) is 0. The molecule has 2 aliphatic rings. The summed E-state index contributed by atoms with van der Waals surface area (Å²) >= 11 is 0. The Morgan fingerprint density at radius 2 is 1.58 bits per heavy atom. The van der Waals surface area contributed by atoms with Crippen molar-refractivity contribution in [1.29, 1.82) is 0 Å². The van der Waals surface area contributed by atoms with Crippen LogP contribution < -0.4 is 5.32 Å². The maximum Gasteiger partial charge on any atom is 0.407 e. The predicted molar refractivity (Wildman–Crippen MR) is 124 cm³/mol. The molecule has 0 spiro atoms. The van der Waals surface area contributed by atoms with Gasteiger partial charge in [0.05, 0.1) is 0 Å². The molecule has 2 aromatic rings. The summed E-state index contributed by atoms with van der Waals surface area (Å²) in [6.07, 6.45) is 2.17. The molecule has 1 aliphatic carbocycles. The van der Waals surface area contributed by atoms with Crippen molar-refractivity contribution < 1.29 is 24.2 Å². The third-order valence-corrected chi connectivity index (χ3v) is 6.49. The molecule has 4 rings (SSSR count). The zero-order chi connectivity index (χ0) is 23.2. The van der Waals surface area contributed by atoms with E-state index < -0.39 is 12.1 Å². The lowest BCUT2D eigenvalue weighted by molar-refractivity contribution is -0.139. The number of carboxylic acids is 1. The Kier molecular flexibility index (Phi) is 7.27. The van der Waals surface area contributed by atoms with Crippen LogP contribution in [0.3, 0.4) is 0 Å². The minimum atomic E-state index is -0.772. The molecule has 0 bridgehead atoms. The molecule has 1 saturated heterocycles. The Morgan fingerprint density at radius 1 is 0.939 bits per heavy atom. The van der Waals surface area contributed by atoms with Crippen molar-refractivity contribution in [1.82, 2.24) is 10.2 Å². The van der Waals surface area contributed by atoms with E-state index in [2.05, 4.69) is 29.6 Å². The molecule has 7 nitrogen and oxygen atoms in total. The van der Waals surface area contributed by atoms with Gasteiger partial charge < -0.3 is 20.1 Å². The highest BCUT2D eigenvalue weighted by Crippen LogP contribution is 2.44. The van der Waals surface area contributed by atoms with E-state index in [4.69, 9.17) is 9.84 Å². The monoisotopic (exact) mass is 450 g/mol. The maximum absolute atomic E-state index is 12.2. The highest BCUT2D eigenvalue weighted by Gasteiger charge is 2.30. The standard InChI is InChI=1S/C26H30N2O5/c29-24(28-15-18(16-28)7-5-13-25(30)31)12-6-14-27-26(32)33-17-23-21-10-3-1-8-19(21)20-9-2-4-11-22(20)23/h1-4,8-11,18,23H,5-7,12-17H2,(H,27,32)(H,30,31). The van der Waals surface area contributed by atoms with Gasteiger partial charge in [-0.2, -0.15) is 0 Å². The van der Waals surface area contributed by atoms with E-state index >= 15 is 0 Å². The van der Waals surface area contributed by atoms with Crippen molar-refractivity contribution >= 4 is 18.0 Å². The number of rotatable bonds is 10. The molecule has 1 aliphatic heterocycles. The number of carbonyl (C=O) groups excluding carboxylic acids is 2. The first-order valence-corrected chi connectivity index (χ1v) is 11.6. The van der Waals surface area contributed by atoms with Crippen LogP contribution in [0.2, 0.25) is 0 Å². The molecule has 2 aromatic carbocycles. The summed E-state index contributed by atoms with van der Waals surface area (Å²) < 4.78 is 5.51. The van der Waals surface area contributed by atoms with Gasteiger partial charge in [0.25, 0.3) is 0 Å². The lowest BCUT2D eigenvalue weighted by Crippen LogP contribution is -2.50. The minimum absolute atomic E-state index is 0.0274. The molecule has 174 valence electrons. The number of nitrogens with one attached hydrogen (secondary N) is 1. The van der Waals surface area contributed by atoms with E-state index in [1.54, 1.807) is 4.90 Å². The largest absolute Gasteiger partial charge is 0.481 e. The molecular formula is C26H30N2O5. The second-order valence-electron chi connectivity index (χ2n) is 8.81. The molecule has 2 amide bonds. The molecule has 33 heavy (non-hydrogen) atoms. The second-order valence-corrected chi connectivity index (χ2v) is 8.81. The quantitative estimate of drug-likeness (QED) is 0.533. The van der Waals surface area contributed by atoms with Gasteiger partial charge in [-0.1, -0.05) is 48.5 Å². The van der Waals surface area contributed by atoms with Crippen molar-refractivity contribution in [3.63, 3.8) is 0 Å². The summed E-state index contributed by atoms with van der Waals surface area (Å²) in [4.78, 5) is 36.8. The van der Waals surface area contributed by atoms with E-state index in [1.807, 2.05) is 24.3 Å². The van der Waals surface area contributed by atoms with E-state index in [9.17, 15) is 14.4 Å². The summed E-state index contributed by atoms with van der Waals surface area (Å²) in [6.45, 7) is 2.07. The van der Waals surface area contributed by atoms with Crippen LogP contribution in [-0.2, 0) is 14.3 Å². The molecule has 0 aromatic heterocycles. The minimum Gasteiger partial charge on any atom is -0.481 e. The number of carbonyl (C=O) groups is 3. The molecule has 7 heteroatoms. The van der Waals surface area contributed by atoms with Gasteiger partial charge in [-0.15, -0.1) is 0 Å². The number of amides is 2. The van der Waals surface area contributed by atoms with Crippen molar-refractivity contribution in [3.05, 3.63) is 59.7 Å². The first-order chi connectivity index (χ1) is 16.0. The average molecular weight is 451 g/mol. The lowest BCUT2D eigenvalue weighted by atomic mass is 9.93. The fraction of sp³-hybridized carbons (Fsp3) is 0.423. The first-order valence-electron chi connectivity index (χ1n) is 11.6. The number of benzene rings is 2. The Balaban J connectivity index is 1.13. The Bertz CT molecular complexity index is 970. The number of alkyl carbamates (subject to hydrolysis) is 1. The molecule has 0 saturated carbocycles. The van der Waals surface area contributed by atoms with E-state index in [1.165, 1.54) is 22.3 Å². The van der Waals surface area contributed by atoms with Crippen LogP contribution in [0.1, 0.15) is 49.1 Å². The molecule has 2 N–H and O–H groups in total. The Hall–Kier alpha value is -3.35. The Morgan fingerprint density at radius 3 is 2.21 bits per heavy atom. The van der Waals surface area contributed by atoms with Gasteiger partial charge in [0.1, 0.15) is 6.61 Å². The fourth-order valence-corrected chi connectivity index (χ4v) is 4.74. The van der Waals surface area contributed by atoms with Gasteiger partial charge >= 0.3 is 12.1 Å². The molecule has 1 fully saturated rings. The van der Waals surface area contributed by atoms with Crippen LogP contribution in [-0.4, -0.2) is 54.2 Å². The van der Waals surface area contributed by atoms with E-state index in [-0.39, 0.29) is 24.9 Å². The summed E-state index contributed by atoms with van der Waals surface area (Å²) in [5.74, 6) is -0.253. The summed E-state index contributed by atoms with van der Waals surface area (Å²) in [6, 6.07) is 16.4. The third-order valence-electron chi connectivity index (χ3n) is 6.49. The Labute approximate surface area is 193 Å². The van der Waals surface area contributed by atoms with Crippen LogP contribution in [0, 0.1) is 5.92 Å². The zero-order valence-corrected chi connectivity index (χ0v) is 18.7. The number of fused-ring (bicyclic) bond motifs is 3. The molecular weight excluding hydrogens is 420 g/mol. The SMILES string of the molecule is O=C(O)CCCC1CN(C(=O)CCCNC(=O)OCC2c3ccccc3-c3ccccc32)C1.